The Morgan fingerprint density at radius 1 is 1.15 bits per heavy atom. The van der Waals surface area contributed by atoms with Crippen LogP contribution in [0.4, 0.5) is 15.8 Å². The van der Waals surface area contributed by atoms with Crippen molar-refractivity contribution in [1.29, 1.82) is 0 Å². The molecule has 4 nitrogen and oxygen atoms in total. The van der Waals surface area contributed by atoms with Gasteiger partial charge in [-0.05, 0) is 70.8 Å². The summed E-state index contributed by atoms with van der Waals surface area (Å²) >= 11 is 2.05. The summed E-state index contributed by atoms with van der Waals surface area (Å²) in [6.45, 7) is 0. The molecule has 1 amide bonds. The standard InChI is InChI=1S/C21H17FIN3O/c22-17-11-14(23)6-8-19(17)25-20-12-24-10-9-16(20)21(27)26-18-7-5-13-3-1-2-4-15(13)18/h1-4,6,8-12,18,25H,5,7H2,(H,26,27). The fraction of sp³-hybridized carbons (Fsp3) is 0.143. The first-order valence-electron chi connectivity index (χ1n) is 8.66. The number of amides is 1. The molecule has 1 atom stereocenters. The van der Waals surface area contributed by atoms with E-state index < -0.39 is 0 Å². The lowest BCUT2D eigenvalue weighted by molar-refractivity contribution is 0.0937. The Morgan fingerprint density at radius 3 is 2.85 bits per heavy atom. The van der Waals surface area contributed by atoms with Gasteiger partial charge in [0, 0.05) is 9.77 Å². The van der Waals surface area contributed by atoms with Crippen molar-refractivity contribution in [1.82, 2.24) is 10.3 Å². The Balaban J connectivity index is 1.57. The van der Waals surface area contributed by atoms with Gasteiger partial charge in [0.25, 0.3) is 5.91 Å². The maximum Gasteiger partial charge on any atom is 0.253 e. The van der Waals surface area contributed by atoms with Gasteiger partial charge < -0.3 is 10.6 Å². The minimum Gasteiger partial charge on any atom is -0.351 e. The number of hydrogen-bond acceptors (Lipinski definition) is 3. The number of anilines is 2. The van der Waals surface area contributed by atoms with Crippen LogP contribution in [0.1, 0.15) is 33.9 Å². The normalized spacial score (nSPS) is 15.3. The van der Waals surface area contributed by atoms with Gasteiger partial charge in [0.1, 0.15) is 5.82 Å². The van der Waals surface area contributed by atoms with Crippen LogP contribution in [0.15, 0.2) is 60.9 Å². The highest BCUT2D eigenvalue weighted by Gasteiger charge is 2.24. The second-order valence-electron chi connectivity index (χ2n) is 6.43. The summed E-state index contributed by atoms with van der Waals surface area (Å²) in [5.41, 5.74) is 3.66. The van der Waals surface area contributed by atoms with Crippen molar-refractivity contribution in [3.8, 4) is 0 Å². The molecule has 1 unspecified atom stereocenters. The molecule has 2 N–H and O–H groups in total. The van der Waals surface area contributed by atoms with Crippen LogP contribution >= 0.6 is 22.6 Å². The minimum atomic E-state index is -0.373. The number of nitrogens with zero attached hydrogens (tertiary/aromatic N) is 1. The molecule has 1 aliphatic rings. The van der Waals surface area contributed by atoms with Crippen LogP contribution in [-0.2, 0) is 6.42 Å². The van der Waals surface area contributed by atoms with Crippen LogP contribution in [0.5, 0.6) is 0 Å². The van der Waals surface area contributed by atoms with Crippen LogP contribution in [-0.4, -0.2) is 10.9 Å². The van der Waals surface area contributed by atoms with E-state index in [0.29, 0.717) is 16.9 Å². The summed E-state index contributed by atoms with van der Waals surface area (Å²) in [7, 11) is 0. The van der Waals surface area contributed by atoms with E-state index in [0.717, 1.165) is 22.0 Å². The third kappa shape index (κ3) is 3.80. The SMILES string of the molecule is O=C(NC1CCc2ccccc21)c1ccncc1Nc1ccc(I)cc1F. The van der Waals surface area contributed by atoms with Crippen LogP contribution < -0.4 is 10.6 Å². The molecule has 1 aliphatic carbocycles. The average molecular weight is 473 g/mol. The molecule has 6 heteroatoms. The van der Waals surface area contributed by atoms with Gasteiger partial charge in [0.05, 0.1) is 29.2 Å². The molecule has 0 fully saturated rings. The highest BCUT2D eigenvalue weighted by molar-refractivity contribution is 14.1. The molecule has 0 aliphatic heterocycles. The van der Waals surface area contributed by atoms with Gasteiger partial charge in [0.2, 0.25) is 0 Å². The van der Waals surface area contributed by atoms with Crippen LogP contribution in [0, 0.1) is 9.39 Å². The molecule has 0 saturated carbocycles. The van der Waals surface area contributed by atoms with Gasteiger partial charge in [0.15, 0.2) is 0 Å². The predicted molar refractivity (Wildman–Crippen MR) is 112 cm³/mol. The topological polar surface area (TPSA) is 54.0 Å². The highest BCUT2D eigenvalue weighted by Crippen LogP contribution is 2.31. The Kier molecular flexibility index (Phi) is 5.07. The molecular formula is C21H17FIN3O. The summed E-state index contributed by atoms with van der Waals surface area (Å²) in [6, 6.07) is 14.7. The lowest BCUT2D eigenvalue weighted by atomic mass is 10.1. The van der Waals surface area contributed by atoms with Crippen molar-refractivity contribution in [3.05, 3.63) is 87.0 Å². The Hall–Kier alpha value is -2.48. The average Bonchev–Trinajstić information content (AvgIpc) is 3.07. The van der Waals surface area contributed by atoms with E-state index in [1.54, 1.807) is 24.4 Å². The van der Waals surface area contributed by atoms with Gasteiger partial charge in [-0.25, -0.2) is 4.39 Å². The van der Waals surface area contributed by atoms with E-state index in [-0.39, 0.29) is 17.8 Å². The van der Waals surface area contributed by atoms with Gasteiger partial charge in [-0.1, -0.05) is 24.3 Å². The number of carbonyl (C=O) groups is 1. The molecule has 1 heterocycles. The lowest BCUT2D eigenvalue weighted by Crippen LogP contribution is -2.27. The summed E-state index contributed by atoms with van der Waals surface area (Å²) in [5.74, 6) is -0.575. The van der Waals surface area contributed by atoms with Crippen molar-refractivity contribution in [2.24, 2.45) is 0 Å². The van der Waals surface area contributed by atoms with E-state index in [1.165, 1.54) is 17.8 Å². The van der Waals surface area contributed by atoms with Crippen molar-refractivity contribution >= 4 is 39.9 Å². The van der Waals surface area contributed by atoms with Crippen LogP contribution in [0.2, 0.25) is 0 Å². The first-order valence-corrected chi connectivity index (χ1v) is 9.74. The monoisotopic (exact) mass is 473 g/mol. The summed E-state index contributed by atoms with van der Waals surface area (Å²) in [5, 5.41) is 6.09. The number of fused-ring (bicyclic) bond motifs is 1. The number of aromatic nitrogens is 1. The number of carbonyl (C=O) groups excluding carboxylic acids is 1. The van der Waals surface area contributed by atoms with Crippen molar-refractivity contribution in [2.45, 2.75) is 18.9 Å². The van der Waals surface area contributed by atoms with E-state index in [1.807, 2.05) is 12.1 Å². The molecule has 136 valence electrons. The predicted octanol–water partition coefficient (Wildman–Crippen LogP) is 4.99. The first kappa shape index (κ1) is 17.9. The highest BCUT2D eigenvalue weighted by atomic mass is 127. The fourth-order valence-corrected chi connectivity index (χ4v) is 3.82. The number of rotatable bonds is 4. The Morgan fingerprint density at radius 2 is 2.00 bits per heavy atom. The number of halogens is 2. The van der Waals surface area contributed by atoms with E-state index in [9.17, 15) is 9.18 Å². The molecule has 0 spiro atoms. The van der Waals surface area contributed by atoms with E-state index >= 15 is 0 Å². The lowest BCUT2D eigenvalue weighted by Gasteiger charge is -2.16. The number of aryl methyl sites for hydroxylation is 1. The second-order valence-corrected chi connectivity index (χ2v) is 7.68. The third-order valence-corrected chi connectivity index (χ3v) is 5.38. The van der Waals surface area contributed by atoms with E-state index in [2.05, 4.69) is 50.3 Å². The molecular weight excluding hydrogens is 456 g/mol. The van der Waals surface area contributed by atoms with Crippen molar-refractivity contribution in [3.63, 3.8) is 0 Å². The zero-order chi connectivity index (χ0) is 18.8. The van der Waals surface area contributed by atoms with Gasteiger partial charge in [-0.15, -0.1) is 0 Å². The quantitative estimate of drug-likeness (QED) is 0.526. The van der Waals surface area contributed by atoms with Crippen LogP contribution in [0.25, 0.3) is 0 Å². The van der Waals surface area contributed by atoms with Gasteiger partial charge in [-0.3, -0.25) is 9.78 Å². The van der Waals surface area contributed by atoms with E-state index in [4.69, 9.17) is 0 Å². The number of nitrogens with one attached hydrogen (secondary N) is 2. The van der Waals surface area contributed by atoms with Crippen LogP contribution in [0.3, 0.4) is 0 Å². The van der Waals surface area contributed by atoms with Crippen molar-refractivity contribution < 1.29 is 9.18 Å². The molecule has 27 heavy (non-hydrogen) atoms. The third-order valence-electron chi connectivity index (χ3n) is 4.70. The Bertz CT molecular complexity index is 1010. The minimum absolute atomic E-state index is 0.00949. The molecule has 0 saturated heterocycles. The van der Waals surface area contributed by atoms with Gasteiger partial charge >= 0.3 is 0 Å². The smallest absolute Gasteiger partial charge is 0.253 e. The first-order chi connectivity index (χ1) is 13.1. The molecule has 3 aromatic rings. The summed E-state index contributed by atoms with van der Waals surface area (Å²) < 4.78 is 15.0. The largest absolute Gasteiger partial charge is 0.351 e. The molecule has 2 aromatic carbocycles. The number of hydrogen-bond donors (Lipinski definition) is 2. The number of pyridine rings is 1. The second kappa shape index (κ2) is 7.64. The Labute approximate surface area is 170 Å². The molecule has 1 aromatic heterocycles. The molecule has 4 rings (SSSR count). The summed E-state index contributed by atoms with van der Waals surface area (Å²) in [4.78, 5) is 17.0. The van der Waals surface area contributed by atoms with Gasteiger partial charge in [-0.2, -0.15) is 0 Å². The fourth-order valence-electron chi connectivity index (χ4n) is 3.37. The molecule has 0 radical (unpaired) electrons. The summed E-state index contributed by atoms with van der Waals surface area (Å²) in [6.07, 6.45) is 4.93. The zero-order valence-electron chi connectivity index (χ0n) is 14.4. The maximum atomic E-state index is 14.2. The van der Waals surface area contributed by atoms with Crippen molar-refractivity contribution in [2.75, 3.05) is 5.32 Å². The maximum absolute atomic E-state index is 14.2. The number of benzene rings is 2. The zero-order valence-corrected chi connectivity index (χ0v) is 16.5. The molecule has 0 bridgehead atoms.